The van der Waals surface area contributed by atoms with Crippen molar-refractivity contribution in [3.63, 3.8) is 0 Å². The quantitative estimate of drug-likeness (QED) is 0.748. The maximum absolute atomic E-state index is 11.7. The van der Waals surface area contributed by atoms with Crippen LogP contribution in [0.2, 0.25) is 5.02 Å². The minimum atomic E-state index is -0.880. The molecule has 1 fully saturated rings. The molecule has 1 aliphatic carbocycles. The Balaban J connectivity index is 1.82. The van der Waals surface area contributed by atoms with Gasteiger partial charge in [-0.1, -0.05) is 30.9 Å². The van der Waals surface area contributed by atoms with Gasteiger partial charge in [0.1, 0.15) is 0 Å². The van der Waals surface area contributed by atoms with Gasteiger partial charge < -0.3 is 15.7 Å². The number of hydrogen-bond donors (Lipinski definition) is 3. The van der Waals surface area contributed by atoms with Crippen LogP contribution in [0.3, 0.4) is 0 Å². The number of halogens is 1. The molecule has 21 heavy (non-hydrogen) atoms. The molecule has 5 nitrogen and oxygen atoms in total. The second-order valence-corrected chi connectivity index (χ2v) is 5.87. The normalized spacial score (nSPS) is 17.0. The van der Waals surface area contributed by atoms with Crippen LogP contribution in [-0.2, 0) is 9.59 Å². The number of carbonyl (C=O) groups is 2. The molecule has 0 unspecified atom stereocenters. The van der Waals surface area contributed by atoms with Gasteiger partial charge in [0.05, 0.1) is 5.60 Å². The van der Waals surface area contributed by atoms with Crippen molar-refractivity contribution >= 4 is 29.1 Å². The lowest BCUT2D eigenvalue weighted by Gasteiger charge is -2.31. The maximum Gasteiger partial charge on any atom is 0.313 e. The fourth-order valence-electron chi connectivity index (χ4n) is 2.43. The van der Waals surface area contributed by atoms with Crippen LogP contribution in [0.25, 0.3) is 0 Å². The van der Waals surface area contributed by atoms with Crippen LogP contribution in [0.15, 0.2) is 24.3 Å². The van der Waals surface area contributed by atoms with Crippen LogP contribution in [-0.4, -0.2) is 29.1 Å². The van der Waals surface area contributed by atoms with Crippen LogP contribution in [0.1, 0.15) is 32.1 Å². The summed E-state index contributed by atoms with van der Waals surface area (Å²) >= 11 is 5.74. The van der Waals surface area contributed by atoms with Gasteiger partial charge >= 0.3 is 11.8 Å². The molecule has 1 aromatic carbocycles. The largest absolute Gasteiger partial charge is 0.388 e. The summed E-state index contributed by atoms with van der Waals surface area (Å²) in [5, 5.41) is 15.8. The third-order valence-corrected chi connectivity index (χ3v) is 3.92. The van der Waals surface area contributed by atoms with E-state index in [0.717, 1.165) is 19.3 Å². The second kappa shape index (κ2) is 6.91. The lowest BCUT2D eigenvalue weighted by Crippen LogP contribution is -2.47. The van der Waals surface area contributed by atoms with Crippen LogP contribution >= 0.6 is 11.6 Å². The van der Waals surface area contributed by atoms with Gasteiger partial charge in [0, 0.05) is 17.3 Å². The first-order valence-electron chi connectivity index (χ1n) is 7.06. The molecule has 0 heterocycles. The topological polar surface area (TPSA) is 78.4 Å². The molecule has 1 aromatic rings. The van der Waals surface area contributed by atoms with Gasteiger partial charge in [-0.3, -0.25) is 9.59 Å². The lowest BCUT2D eigenvalue weighted by molar-refractivity contribution is -0.137. The highest BCUT2D eigenvalue weighted by molar-refractivity contribution is 6.39. The van der Waals surface area contributed by atoms with Gasteiger partial charge in [0.25, 0.3) is 0 Å². The van der Waals surface area contributed by atoms with E-state index in [1.165, 1.54) is 0 Å². The number of amides is 2. The number of anilines is 1. The van der Waals surface area contributed by atoms with Crippen molar-refractivity contribution in [2.75, 3.05) is 11.9 Å². The average molecular weight is 311 g/mol. The summed E-state index contributed by atoms with van der Waals surface area (Å²) in [6, 6.07) is 6.48. The van der Waals surface area contributed by atoms with E-state index in [-0.39, 0.29) is 6.54 Å². The number of aliphatic hydroxyl groups is 1. The van der Waals surface area contributed by atoms with Crippen LogP contribution in [0.4, 0.5) is 5.69 Å². The van der Waals surface area contributed by atoms with Crippen molar-refractivity contribution in [2.45, 2.75) is 37.7 Å². The SMILES string of the molecule is O=C(NCC1(O)CCCCC1)C(=O)Nc1ccc(Cl)cc1. The van der Waals surface area contributed by atoms with Crippen LogP contribution in [0.5, 0.6) is 0 Å². The van der Waals surface area contributed by atoms with E-state index in [2.05, 4.69) is 10.6 Å². The van der Waals surface area contributed by atoms with E-state index < -0.39 is 17.4 Å². The summed E-state index contributed by atoms with van der Waals surface area (Å²) in [7, 11) is 0. The van der Waals surface area contributed by atoms with Gasteiger partial charge in [0.15, 0.2) is 0 Å². The summed E-state index contributed by atoms with van der Waals surface area (Å²) < 4.78 is 0. The minimum absolute atomic E-state index is 0.111. The highest BCUT2D eigenvalue weighted by Gasteiger charge is 2.30. The standard InChI is InChI=1S/C15H19ClN2O3/c16-11-4-6-12(7-5-11)18-14(20)13(19)17-10-15(21)8-2-1-3-9-15/h4-7,21H,1-3,8-10H2,(H,17,19)(H,18,20). The molecule has 1 saturated carbocycles. The summed E-state index contributed by atoms with van der Waals surface area (Å²) in [5.74, 6) is -1.50. The Kier molecular flexibility index (Phi) is 5.20. The molecular weight excluding hydrogens is 292 g/mol. The molecule has 0 aromatic heterocycles. The van der Waals surface area contributed by atoms with Crippen molar-refractivity contribution in [1.82, 2.24) is 5.32 Å². The highest BCUT2D eigenvalue weighted by Crippen LogP contribution is 2.27. The summed E-state index contributed by atoms with van der Waals surface area (Å²) in [5.41, 5.74) is -0.384. The number of rotatable bonds is 3. The summed E-state index contributed by atoms with van der Waals surface area (Å²) in [6.45, 7) is 0.111. The van der Waals surface area contributed by atoms with Crippen LogP contribution < -0.4 is 10.6 Å². The van der Waals surface area contributed by atoms with Crippen molar-refractivity contribution < 1.29 is 14.7 Å². The molecule has 0 aliphatic heterocycles. The molecule has 0 radical (unpaired) electrons. The van der Waals surface area contributed by atoms with Gasteiger partial charge in [-0.25, -0.2) is 0 Å². The number of nitrogens with one attached hydrogen (secondary N) is 2. The monoisotopic (exact) mass is 310 g/mol. The number of hydrogen-bond acceptors (Lipinski definition) is 3. The smallest absolute Gasteiger partial charge is 0.313 e. The first kappa shape index (κ1) is 15.8. The van der Waals surface area contributed by atoms with E-state index >= 15 is 0 Å². The Morgan fingerprint density at radius 2 is 1.71 bits per heavy atom. The third-order valence-electron chi connectivity index (χ3n) is 3.67. The van der Waals surface area contributed by atoms with E-state index in [1.54, 1.807) is 24.3 Å². The Labute approximate surface area is 128 Å². The molecule has 0 spiro atoms. The Morgan fingerprint density at radius 1 is 1.10 bits per heavy atom. The van der Waals surface area contributed by atoms with E-state index in [1.807, 2.05) is 0 Å². The van der Waals surface area contributed by atoms with E-state index in [0.29, 0.717) is 23.6 Å². The summed E-state index contributed by atoms with van der Waals surface area (Å²) in [6.07, 6.45) is 4.32. The minimum Gasteiger partial charge on any atom is -0.388 e. The van der Waals surface area contributed by atoms with Crippen molar-refractivity contribution in [3.8, 4) is 0 Å². The Hall–Kier alpha value is -1.59. The molecule has 6 heteroatoms. The fraction of sp³-hybridized carbons (Fsp3) is 0.467. The highest BCUT2D eigenvalue weighted by atomic mass is 35.5. The molecule has 0 atom stereocenters. The molecule has 3 N–H and O–H groups in total. The summed E-state index contributed by atoms with van der Waals surface area (Å²) in [4.78, 5) is 23.5. The predicted octanol–water partition coefficient (Wildman–Crippen LogP) is 2.09. The molecule has 2 amide bonds. The van der Waals surface area contributed by atoms with Gasteiger partial charge in [0.2, 0.25) is 0 Å². The predicted molar refractivity (Wildman–Crippen MR) is 81.1 cm³/mol. The zero-order valence-electron chi connectivity index (χ0n) is 11.7. The Morgan fingerprint density at radius 3 is 2.33 bits per heavy atom. The first-order chi connectivity index (χ1) is 9.98. The maximum atomic E-state index is 11.7. The van der Waals surface area contributed by atoms with E-state index in [9.17, 15) is 14.7 Å². The number of carbonyl (C=O) groups excluding carboxylic acids is 2. The van der Waals surface area contributed by atoms with Crippen molar-refractivity contribution in [3.05, 3.63) is 29.3 Å². The van der Waals surface area contributed by atoms with Gasteiger partial charge in [-0.05, 0) is 37.1 Å². The Bertz CT molecular complexity index is 510. The third kappa shape index (κ3) is 4.72. The fourth-order valence-corrected chi connectivity index (χ4v) is 2.56. The second-order valence-electron chi connectivity index (χ2n) is 5.43. The zero-order chi connectivity index (χ0) is 15.3. The molecule has 0 saturated heterocycles. The van der Waals surface area contributed by atoms with Crippen molar-refractivity contribution in [1.29, 1.82) is 0 Å². The van der Waals surface area contributed by atoms with Crippen molar-refractivity contribution in [2.24, 2.45) is 0 Å². The zero-order valence-corrected chi connectivity index (χ0v) is 12.4. The molecule has 0 bridgehead atoms. The average Bonchev–Trinajstić information content (AvgIpc) is 2.48. The molecule has 1 aliphatic rings. The van der Waals surface area contributed by atoms with Gasteiger partial charge in [-0.15, -0.1) is 0 Å². The molecule has 114 valence electrons. The van der Waals surface area contributed by atoms with E-state index in [4.69, 9.17) is 11.6 Å². The van der Waals surface area contributed by atoms with Crippen LogP contribution in [0, 0.1) is 0 Å². The number of benzene rings is 1. The molecular formula is C15H19ClN2O3. The lowest BCUT2D eigenvalue weighted by atomic mass is 9.85. The molecule has 2 rings (SSSR count). The van der Waals surface area contributed by atoms with Gasteiger partial charge in [-0.2, -0.15) is 0 Å². The first-order valence-corrected chi connectivity index (χ1v) is 7.43.